The summed E-state index contributed by atoms with van der Waals surface area (Å²) in [6.07, 6.45) is 12.5. The van der Waals surface area contributed by atoms with Crippen molar-refractivity contribution in [1.29, 1.82) is 0 Å². The molecular formula is C36H47N4O7P. The lowest BCUT2D eigenvalue weighted by Crippen LogP contribution is -2.35. The summed E-state index contributed by atoms with van der Waals surface area (Å²) in [5, 5.41) is 0. The van der Waals surface area contributed by atoms with Crippen molar-refractivity contribution in [3.63, 3.8) is 0 Å². The summed E-state index contributed by atoms with van der Waals surface area (Å²) in [5.41, 5.74) is 2.22. The highest BCUT2D eigenvalue weighted by Crippen LogP contribution is 2.48. The fourth-order valence-electron chi connectivity index (χ4n) is 7.09. The number of amides is 2. The molecule has 0 unspecified atom stereocenters. The number of rotatable bonds is 15. The molecule has 0 aromatic heterocycles. The number of methoxy groups -OCH3 is 2. The van der Waals surface area contributed by atoms with Crippen LogP contribution < -0.4 is 18.9 Å². The second-order valence-electron chi connectivity index (χ2n) is 13.0. The molecule has 48 heavy (non-hydrogen) atoms. The van der Waals surface area contributed by atoms with E-state index in [-0.39, 0.29) is 23.9 Å². The van der Waals surface area contributed by atoms with Crippen LogP contribution in [0.15, 0.2) is 34.3 Å². The minimum atomic E-state index is -2.47. The molecule has 6 rings (SSSR count). The zero-order valence-corrected chi connectivity index (χ0v) is 29.2. The average molecular weight is 679 g/mol. The molecular weight excluding hydrogens is 631 g/mol. The zero-order valence-electron chi connectivity index (χ0n) is 28.3. The van der Waals surface area contributed by atoms with Gasteiger partial charge in [-0.3, -0.25) is 19.6 Å². The van der Waals surface area contributed by atoms with E-state index in [1.807, 2.05) is 22.2 Å². The summed E-state index contributed by atoms with van der Waals surface area (Å²) >= 11 is 0. The number of carbonyl (C=O) groups excluding carboxylic acids is 2. The molecule has 0 N–H and O–H groups in total. The number of benzene rings is 2. The van der Waals surface area contributed by atoms with Gasteiger partial charge >= 0.3 is 0 Å². The lowest BCUT2D eigenvalue weighted by Gasteiger charge is -2.21. The number of hydrogen-bond donors (Lipinski definition) is 0. The van der Waals surface area contributed by atoms with Gasteiger partial charge in [0.25, 0.3) is 11.8 Å². The largest absolute Gasteiger partial charge is 0.493 e. The molecule has 2 aromatic carbocycles. The molecule has 0 spiro atoms. The third kappa shape index (κ3) is 7.26. The Kier molecular flexibility index (Phi) is 10.7. The Morgan fingerprint density at radius 1 is 0.708 bits per heavy atom. The Balaban J connectivity index is 1.04. The van der Waals surface area contributed by atoms with Crippen molar-refractivity contribution >= 4 is 42.8 Å². The van der Waals surface area contributed by atoms with Gasteiger partial charge in [0.1, 0.15) is 0 Å². The first kappa shape index (κ1) is 34.0. The van der Waals surface area contributed by atoms with E-state index in [2.05, 4.69) is 16.9 Å². The molecule has 4 heterocycles. The van der Waals surface area contributed by atoms with Crippen molar-refractivity contribution in [3.8, 4) is 23.0 Å². The highest BCUT2D eigenvalue weighted by atomic mass is 31.2. The standard InChI is InChI=1S/C36H47N4O7P/c1-4-5-16-48(43,17-8-14-46-33-21-29-27(19-31(33)44-2)35(41)39-12-6-10-25(39)23-37-29)18-9-15-47-34-22-30-28(20-32(34)45-3)36(42)40-13-7-11-26(40)24-38-30/h19-26H,4-18H2,1-3H3/t25-,26-/m0/s1. The van der Waals surface area contributed by atoms with Crippen LogP contribution in [-0.4, -0.2) is 105 Å². The smallest absolute Gasteiger partial charge is 0.256 e. The van der Waals surface area contributed by atoms with Gasteiger partial charge in [0.05, 0.1) is 69.2 Å². The van der Waals surface area contributed by atoms with Gasteiger partial charge < -0.3 is 33.3 Å². The van der Waals surface area contributed by atoms with Crippen molar-refractivity contribution < 1.29 is 33.1 Å². The average Bonchev–Trinajstić information content (AvgIpc) is 3.73. The maximum Gasteiger partial charge on any atom is 0.256 e. The summed E-state index contributed by atoms with van der Waals surface area (Å²) in [6, 6.07) is 7.07. The van der Waals surface area contributed by atoms with E-state index in [9.17, 15) is 14.2 Å². The van der Waals surface area contributed by atoms with Gasteiger partial charge in [-0.1, -0.05) is 13.3 Å². The predicted octanol–water partition coefficient (Wildman–Crippen LogP) is 6.75. The predicted molar refractivity (Wildman–Crippen MR) is 188 cm³/mol. The molecule has 11 nitrogen and oxygen atoms in total. The number of fused-ring (bicyclic) bond motifs is 4. The summed E-state index contributed by atoms with van der Waals surface area (Å²) in [5.74, 6) is 1.98. The van der Waals surface area contributed by atoms with Crippen LogP contribution in [0, 0.1) is 0 Å². The molecule has 0 radical (unpaired) electrons. The van der Waals surface area contributed by atoms with Crippen molar-refractivity contribution in [2.24, 2.45) is 9.98 Å². The minimum absolute atomic E-state index is 0.0277. The molecule has 2 atom stereocenters. The lowest BCUT2D eigenvalue weighted by molar-refractivity contribution is 0.0766. The minimum Gasteiger partial charge on any atom is -0.493 e. The van der Waals surface area contributed by atoms with E-state index < -0.39 is 7.14 Å². The van der Waals surface area contributed by atoms with Gasteiger partial charge in [0.2, 0.25) is 0 Å². The third-order valence-electron chi connectivity index (χ3n) is 9.77. The number of unbranched alkanes of at least 4 members (excludes halogenated alkanes) is 1. The van der Waals surface area contributed by atoms with E-state index in [1.54, 1.807) is 38.5 Å². The highest BCUT2D eigenvalue weighted by molar-refractivity contribution is 7.63. The van der Waals surface area contributed by atoms with Crippen molar-refractivity contribution in [2.75, 3.05) is 59.0 Å². The van der Waals surface area contributed by atoms with Gasteiger partial charge in [-0.25, -0.2) is 0 Å². The van der Waals surface area contributed by atoms with E-state index in [4.69, 9.17) is 18.9 Å². The molecule has 0 saturated carbocycles. The number of ether oxygens (including phenoxy) is 4. The van der Waals surface area contributed by atoms with Gasteiger partial charge in [-0.2, -0.15) is 0 Å². The van der Waals surface area contributed by atoms with E-state index in [0.717, 1.165) is 51.6 Å². The number of hydrogen-bond acceptors (Lipinski definition) is 9. The highest BCUT2D eigenvalue weighted by Gasteiger charge is 2.34. The maximum atomic E-state index is 14.1. The van der Waals surface area contributed by atoms with Crippen LogP contribution in [0.4, 0.5) is 11.4 Å². The Hall–Kier alpha value is -3.85. The first-order valence-electron chi connectivity index (χ1n) is 17.3. The number of nitrogens with zero attached hydrogens (tertiary/aromatic N) is 4. The normalized spacial score (nSPS) is 19.7. The third-order valence-corrected chi connectivity index (χ3v) is 13.2. The second-order valence-corrected chi connectivity index (χ2v) is 16.5. The monoisotopic (exact) mass is 678 g/mol. The van der Waals surface area contributed by atoms with Gasteiger partial charge in [-0.15, -0.1) is 0 Å². The van der Waals surface area contributed by atoms with Crippen LogP contribution in [0.3, 0.4) is 0 Å². The Morgan fingerprint density at radius 3 is 1.60 bits per heavy atom. The molecule has 0 aliphatic carbocycles. The SMILES string of the molecule is CCCCP(=O)(CCCOc1cc2c(cc1OC)C(=O)N1CCC[C@H]1C=N2)CCCOc1cc2c(cc1OC)C(=O)N1CCC[C@H]1C=N2. The quantitative estimate of drug-likeness (QED) is 0.151. The maximum absolute atomic E-state index is 14.1. The molecule has 4 aliphatic heterocycles. The molecule has 4 aliphatic rings. The van der Waals surface area contributed by atoms with Crippen molar-refractivity contribution in [2.45, 2.75) is 70.4 Å². The van der Waals surface area contributed by atoms with Gasteiger partial charge in [-0.05, 0) is 57.1 Å². The van der Waals surface area contributed by atoms with E-state index in [0.29, 0.717) is 90.0 Å². The number of aliphatic imine (C=N–C) groups is 2. The zero-order chi connectivity index (χ0) is 33.7. The summed E-state index contributed by atoms with van der Waals surface area (Å²) < 4.78 is 37.5. The molecule has 2 fully saturated rings. The Morgan fingerprint density at radius 2 is 1.17 bits per heavy atom. The topological polar surface area (TPSA) is 119 Å². The van der Waals surface area contributed by atoms with E-state index >= 15 is 0 Å². The lowest BCUT2D eigenvalue weighted by atomic mass is 10.1. The molecule has 0 bridgehead atoms. The van der Waals surface area contributed by atoms with Crippen LogP contribution in [0.1, 0.15) is 79.0 Å². The summed E-state index contributed by atoms with van der Waals surface area (Å²) in [7, 11) is 0.656. The molecule has 2 aromatic rings. The molecule has 2 amide bonds. The van der Waals surface area contributed by atoms with Gasteiger partial charge in [0.15, 0.2) is 23.0 Å². The Labute approximate surface area is 283 Å². The fourth-order valence-corrected chi connectivity index (χ4v) is 10.1. The van der Waals surface area contributed by atoms with Crippen LogP contribution in [-0.2, 0) is 4.57 Å². The van der Waals surface area contributed by atoms with Crippen LogP contribution in [0.5, 0.6) is 23.0 Å². The van der Waals surface area contributed by atoms with E-state index in [1.165, 1.54) is 0 Å². The molecule has 12 heteroatoms. The summed E-state index contributed by atoms with van der Waals surface area (Å²) in [4.78, 5) is 39.3. The van der Waals surface area contributed by atoms with Gasteiger partial charge in [0, 0.05) is 56.1 Å². The molecule has 2 saturated heterocycles. The Bertz CT molecular complexity index is 1510. The molecule has 258 valence electrons. The van der Waals surface area contributed by atoms with Crippen molar-refractivity contribution in [3.05, 3.63) is 35.4 Å². The van der Waals surface area contributed by atoms with Crippen LogP contribution in [0.25, 0.3) is 0 Å². The first-order chi connectivity index (χ1) is 23.3. The second kappa shape index (κ2) is 15.1. The number of carbonyl (C=O) groups is 2. The first-order valence-corrected chi connectivity index (χ1v) is 19.6. The summed E-state index contributed by atoms with van der Waals surface area (Å²) in [6.45, 7) is 4.33. The fraction of sp³-hybridized carbons (Fsp3) is 0.556. The van der Waals surface area contributed by atoms with Crippen molar-refractivity contribution in [1.82, 2.24) is 9.80 Å². The van der Waals surface area contributed by atoms with Crippen LogP contribution in [0.2, 0.25) is 0 Å². The van der Waals surface area contributed by atoms with Crippen LogP contribution >= 0.6 is 7.14 Å².